The van der Waals surface area contributed by atoms with E-state index in [9.17, 15) is 9.59 Å². The Morgan fingerprint density at radius 3 is 2.68 bits per heavy atom. The SMILES string of the molecule is Cc1cc(Cl)ccc1C(=O)NCC(C)CCC(=O)O. The van der Waals surface area contributed by atoms with Gasteiger partial charge in [0.15, 0.2) is 0 Å². The van der Waals surface area contributed by atoms with E-state index in [0.717, 1.165) is 5.56 Å². The molecule has 1 unspecified atom stereocenters. The van der Waals surface area contributed by atoms with E-state index in [1.54, 1.807) is 18.2 Å². The van der Waals surface area contributed by atoms with Gasteiger partial charge in [0.05, 0.1) is 0 Å². The van der Waals surface area contributed by atoms with Crippen molar-refractivity contribution >= 4 is 23.5 Å². The highest BCUT2D eigenvalue weighted by Gasteiger charge is 2.11. The highest BCUT2D eigenvalue weighted by molar-refractivity contribution is 6.30. The number of aryl methyl sites for hydroxylation is 1. The fraction of sp³-hybridized carbons (Fsp3) is 0.429. The molecule has 0 saturated heterocycles. The summed E-state index contributed by atoms with van der Waals surface area (Å²) in [5.41, 5.74) is 1.41. The molecule has 0 bridgehead atoms. The summed E-state index contributed by atoms with van der Waals surface area (Å²) in [5.74, 6) is -0.837. The predicted molar refractivity (Wildman–Crippen MR) is 74.6 cm³/mol. The molecule has 1 amide bonds. The lowest BCUT2D eigenvalue weighted by Gasteiger charge is -2.12. The Labute approximate surface area is 117 Å². The Kier molecular flexibility index (Phi) is 5.83. The highest BCUT2D eigenvalue weighted by atomic mass is 35.5. The van der Waals surface area contributed by atoms with Crippen molar-refractivity contribution < 1.29 is 14.7 Å². The molecule has 1 aromatic carbocycles. The molecule has 0 heterocycles. The van der Waals surface area contributed by atoms with Crippen LogP contribution in [0.2, 0.25) is 5.02 Å². The van der Waals surface area contributed by atoms with Gasteiger partial charge in [0.25, 0.3) is 5.91 Å². The summed E-state index contributed by atoms with van der Waals surface area (Å²) < 4.78 is 0. The number of carboxylic acid groups (broad SMARTS) is 1. The summed E-state index contributed by atoms with van der Waals surface area (Å²) in [6.07, 6.45) is 0.673. The Hall–Kier alpha value is -1.55. The van der Waals surface area contributed by atoms with Gasteiger partial charge in [-0.3, -0.25) is 9.59 Å². The summed E-state index contributed by atoms with van der Waals surface area (Å²) in [6, 6.07) is 5.11. The van der Waals surface area contributed by atoms with Crippen molar-refractivity contribution in [1.82, 2.24) is 5.32 Å². The summed E-state index contributed by atoms with van der Waals surface area (Å²) in [6.45, 7) is 4.21. The van der Waals surface area contributed by atoms with Crippen molar-refractivity contribution in [3.63, 3.8) is 0 Å². The van der Waals surface area contributed by atoms with Crippen LogP contribution in [0.4, 0.5) is 0 Å². The third kappa shape index (κ3) is 5.30. The van der Waals surface area contributed by atoms with Gasteiger partial charge >= 0.3 is 5.97 Å². The molecule has 19 heavy (non-hydrogen) atoms. The first kappa shape index (κ1) is 15.5. The van der Waals surface area contributed by atoms with E-state index < -0.39 is 5.97 Å². The molecule has 0 radical (unpaired) electrons. The van der Waals surface area contributed by atoms with Gasteiger partial charge in [-0.15, -0.1) is 0 Å². The van der Waals surface area contributed by atoms with Crippen LogP contribution in [0.1, 0.15) is 35.7 Å². The molecule has 1 aromatic rings. The van der Waals surface area contributed by atoms with Crippen LogP contribution in [-0.4, -0.2) is 23.5 Å². The van der Waals surface area contributed by atoms with Gasteiger partial charge < -0.3 is 10.4 Å². The minimum absolute atomic E-state index is 0.122. The number of hydrogen-bond acceptors (Lipinski definition) is 2. The number of amides is 1. The van der Waals surface area contributed by atoms with Crippen molar-refractivity contribution in [3.8, 4) is 0 Å². The minimum atomic E-state index is -0.813. The Morgan fingerprint density at radius 1 is 1.42 bits per heavy atom. The highest BCUT2D eigenvalue weighted by Crippen LogP contribution is 2.15. The molecule has 4 nitrogen and oxygen atoms in total. The average molecular weight is 284 g/mol. The summed E-state index contributed by atoms with van der Waals surface area (Å²) in [5, 5.41) is 12.0. The third-order valence-electron chi connectivity index (χ3n) is 2.90. The quantitative estimate of drug-likeness (QED) is 0.843. The molecule has 0 aliphatic heterocycles. The number of hydrogen-bond donors (Lipinski definition) is 2. The molecule has 1 rings (SSSR count). The Balaban J connectivity index is 2.49. The van der Waals surface area contributed by atoms with E-state index in [-0.39, 0.29) is 18.2 Å². The van der Waals surface area contributed by atoms with Crippen molar-refractivity contribution in [2.45, 2.75) is 26.7 Å². The van der Waals surface area contributed by atoms with E-state index in [2.05, 4.69) is 5.32 Å². The van der Waals surface area contributed by atoms with Crippen LogP contribution in [-0.2, 0) is 4.79 Å². The zero-order valence-electron chi connectivity index (χ0n) is 11.1. The van der Waals surface area contributed by atoms with E-state index in [4.69, 9.17) is 16.7 Å². The summed E-state index contributed by atoms with van der Waals surface area (Å²) in [7, 11) is 0. The van der Waals surface area contributed by atoms with E-state index >= 15 is 0 Å². The van der Waals surface area contributed by atoms with E-state index in [1.807, 2.05) is 13.8 Å². The van der Waals surface area contributed by atoms with Gasteiger partial charge in [0.1, 0.15) is 0 Å². The van der Waals surface area contributed by atoms with Crippen LogP contribution < -0.4 is 5.32 Å². The first-order chi connectivity index (χ1) is 8.90. The maximum atomic E-state index is 11.9. The number of aliphatic carboxylic acids is 1. The molecular formula is C14H18ClNO3. The van der Waals surface area contributed by atoms with E-state index in [1.165, 1.54) is 0 Å². The van der Waals surface area contributed by atoms with Crippen LogP contribution in [0.25, 0.3) is 0 Å². The maximum absolute atomic E-state index is 11.9. The topological polar surface area (TPSA) is 66.4 Å². The molecule has 0 aromatic heterocycles. The zero-order chi connectivity index (χ0) is 14.4. The lowest BCUT2D eigenvalue weighted by molar-refractivity contribution is -0.137. The van der Waals surface area contributed by atoms with Crippen molar-refractivity contribution in [3.05, 3.63) is 34.3 Å². The second kappa shape index (κ2) is 7.14. The van der Waals surface area contributed by atoms with Crippen LogP contribution in [0.5, 0.6) is 0 Å². The molecule has 0 aliphatic carbocycles. The Morgan fingerprint density at radius 2 is 2.11 bits per heavy atom. The predicted octanol–water partition coefficient (Wildman–Crippen LogP) is 2.88. The molecule has 0 fully saturated rings. The summed E-state index contributed by atoms with van der Waals surface area (Å²) in [4.78, 5) is 22.4. The van der Waals surface area contributed by atoms with Gasteiger partial charge in [-0.2, -0.15) is 0 Å². The Bertz CT molecular complexity index is 474. The largest absolute Gasteiger partial charge is 0.481 e. The van der Waals surface area contributed by atoms with Gasteiger partial charge in [0.2, 0.25) is 0 Å². The third-order valence-corrected chi connectivity index (χ3v) is 3.13. The average Bonchev–Trinajstić information content (AvgIpc) is 2.33. The van der Waals surface area contributed by atoms with Crippen molar-refractivity contribution in [2.75, 3.05) is 6.54 Å². The number of carboxylic acids is 1. The van der Waals surface area contributed by atoms with Gasteiger partial charge in [-0.25, -0.2) is 0 Å². The first-order valence-electron chi connectivity index (χ1n) is 6.16. The molecule has 0 aliphatic rings. The lowest BCUT2D eigenvalue weighted by atomic mass is 10.0. The second-order valence-electron chi connectivity index (χ2n) is 4.71. The normalized spacial score (nSPS) is 11.9. The number of carbonyl (C=O) groups is 2. The number of nitrogens with one attached hydrogen (secondary N) is 1. The zero-order valence-corrected chi connectivity index (χ0v) is 11.8. The van der Waals surface area contributed by atoms with Crippen LogP contribution in [0, 0.1) is 12.8 Å². The molecule has 5 heteroatoms. The molecule has 2 N–H and O–H groups in total. The number of rotatable bonds is 6. The monoisotopic (exact) mass is 283 g/mol. The fourth-order valence-electron chi connectivity index (χ4n) is 1.72. The number of benzene rings is 1. The standard InChI is InChI=1S/C14H18ClNO3/c1-9(3-6-13(17)18)8-16-14(19)12-5-4-11(15)7-10(12)2/h4-5,7,9H,3,6,8H2,1-2H3,(H,16,19)(H,17,18). The number of halogens is 1. The van der Waals surface area contributed by atoms with Crippen molar-refractivity contribution in [1.29, 1.82) is 0 Å². The first-order valence-corrected chi connectivity index (χ1v) is 6.54. The van der Waals surface area contributed by atoms with Crippen molar-refractivity contribution in [2.24, 2.45) is 5.92 Å². The molecule has 1 atom stereocenters. The molecule has 104 valence electrons. The molecule has 0 saturated carbocycles. The maximum Gasteiger partial charge on any atom is 0.303 e. The fourth-order valence-corrected chi connectivity index (χ4v) is 1.94. The van der Waals surface area contributed by atoms with Crippen LogP contribution in [0.15, 0.2) is 18.2 Å². The van der Waals surface area contributed by atoms with E-state index in [0.29, 0.717) is 23.6 Å². The van der Waals surface area contributed by atoms with Gasteiger partial charge in [0, 0.05) is 23.6 Å². The number of carbonyl (C=O) groups excluding carboxylic acids is 1. The second-order valence-corrected chi connectivity index (χ2v) is 5.14. The molecular weight excluding hydrogens is 266 g/mol. The smallest absolute Gasteiger partial charge is 0.303 e. The summed E-state index contributed by atoms with van der Waals surface area (Å²) >= 11 is 5.83. The minimum Gasteiger partial charge on any atom is -0.481 e. The van der Waals surface area contributed by atoms with Gasteiger partial charge in [-0.1, -0.05) is 18.5 Å². The molecule has 0 spiro atoms. The van der Waals surface area contributed by atoms with Gasteiger partial charge in [-0.05, 0) is 43.0 Å². The lowest BCUT2D eigenvalue weighted by Crippen LogP contribution is -2.29. The van der Waals surface area contributed by atoms with Crippen LogP contribution in [0.3, 0.4) is 0 Å². The van der Waals surface area contributed by atoms with Crippen LogP contribution >= 0.6 is 11.6 Å².